The summed E-state index contributed by atoms with van der Waals surface area (Å²) in [6, 6.07) is 6.55. The molecule has 0 saturated carbocycles. The number of hydrogen-bond acceptors (Lipinski definition) is 4. The molecule has 1 aromatic carbocycles. The molecular formula is C17H25NO4. The van der Waals surface area contributed by atoms with Crippen LogP contribution in [0, 0.1) is 5.92 Å². The third kappa shape index (κ3) is 7.11. The SMILES string of the molecule is CCCCOC(=O)Nc1ccc(C(=O)OCCC(C)C)cc1. The molecule has 0 radical (unpaired) electrons. The van der Waals surface area contributed by atoms with Crippen LogP contribution in [0.5, 0.6) is 0 Å². The largest absolute Gasteiger partial charge is 0.462 e. The van der Waals surface area contributed by atoms with Crippen LogP contribution in [-0.2, 0) is 9.47 Å². The molecule has 0 aromatic heterocycles. The minimum Gasteiger partial charge on any atom is -0.462 e. The summed E-state index contributed by atoms with van der Waals surface area (Å²) in [5.74, 6) is 0.149. The summed E-state index contributed by atoms with van der Waals surface area (Å²) in [7, 11) is 0. The third-order valence-electron chi connectivity index (χ3n) is 3.03. The van der Waals surface area contributed by atoms with Crippen molar-refractivity contribution in [2.24, 2.45) is 5.92 Å². The third-order valence-corrected chi connectivity index (χ3v) is 3.03. The molecule has 22 heavy (non-hydrogen) atoms. The summed E-state index contributed by atoms with van der Waals surface area (Å²) in [6.07, 6.45) is 2.17. The minimum absolute atomic E-state index is 0.349. The molecule has 0 saturated heterocycles. The Morgan fingerprint density at radius 2 is 1.77 bits per heavy atom. The highest BCUT2D eigenvalue weighted by molar-refractivity contribution is 5.91. The second-order valence-corrected chi connectivity index (χ2v) is 5.51. The lowest BCUT2D eigenvalue weighted by Gasteiger charge is -2.08. The van der Waals surface area contributed by atoms with Crippen LogP contribution in [0.3, 0.4) is 0 Å². The standard InChI is InChI=1S/C17H25NO4/c1-4-5-11-22-17(20)18-15-8-6-14(7-9-15)16(19)21-12-10-13(2)3/h6-9,13H,4-5,10-12H2,1-3H3,(H,18,20). The van der Waals surface area contributed by atoms with Crippen molar-refractivity contribution >= 4 is 17.7 Å². The van der Waals surface area contributed by atoms with E-state index in [9.17, 15) is 9.59 Å². The van der Waals surface area contributed by atoms with E-state index in [1.54, 1.807) is 24.3 Å². The first-order valence-electron chi connectivity index (χ1n) is 7.74. The first-order valence-corrected chi connectivity index (χ1v) is 7.74. The van der Waals surface area contributed by atoms with E-state index >= 15 is 0 Å². The van der Waals surface area contributed by atoms with Crippen LogP contribution in [0.1, 0.15) is 50.4 Å². The van der Waals surface area contributed by atoms with Crippen LogP contribution >= 0.6 is 0 Å². The van der Waals surface area contributed by atoms with Gasteiger partial charge in [0.15, 0.2) is 0 Å². The molecule has 0 spiro atoms. The smallest absolute Gasteiger partial charge is 0.411 e. The Bertz CT molecular complexity index is 468. The van der Waals surface area contributed by atoms with E-state index in [0.717, 1.165) is 19.3 Å². The molecule has 0 fully saturated rings. The summed E-state index contributed by atoms with van der Waals surface area (Å²) >= 11 is 0. The normalized spacial score (nSPS) is 10.4. The average molecular weight is 307 g/mol. The number of anilines is 1. The van der Waals surface area contributed by atoms with Crippen molar-refractivity contribution in [3.63, 3.8) is 0 Å². The highest BCUT2D eigenvalue weighted by Crippen LogP contribution is 2.11. The number of rotatable bonds is 8. The Labute approximate surface area is 132 Å². The molecule has 0 bridgehead atoms. The maximum atomic E-state index is 11.8. The second-order valence-electron chi connectivity index (χ2n) is 5.51. The zero-order valence-electron chi connectivity index (χ0n) is 13.6. The van der Waals surface area contributed by atoms with E-state index in [0.29, 0.717) is 30.4 Å². The van der Waals surface area contributed by atoms with Gasteiger partial charge in [0.1, 0.15) is 0 Å². The predicted molar refractivity (Wildman–Crippen MR) is 86.1 cm³/mol. The lowest BCUT2D eigenvalue weighted by Crippen LogP contribution is -2.14. The molecule has 0 aliphatic rings. The van der Waals surface area contributed by atoms with Gasteiger partial charge in [0.05, 0.1) is 18.8 Å². The van der Waals surface area contributed by atoms with Crippen molar-refractivity contribution < 1.29 is 19.1 Å². The van der Waals surface area contributed by atoms with Crippen molar-refractivity contribution in [3.05, 3.63) is 29.8 Å². The van der Waals surface area contributed by atoms with Crippen LogP contribution in [0.25, 0.3) is 0 Å². The number of unbranched alkanes of at least 4 members (excludes halogenated alkanes) is 1. The Kier molecular flexibility index (Phi) is 8.04. The lowest BCUT2D eigenvalue weighted by molar-refractivity contribution is 0.0488. The number of carbonyl (C=O) groups is 2. The Morgan fingerprint density at radius 3 is 2.36 bits per heavy atom. The molecule has 0 unspecified atom stereocenters. The van der Waals surface area contributed by atoms with E-state index in [4.69, 9.17) is 9.47 Å². The summed E-state index contributed by atoms with van der Waals surface area (Å²) in [5.41, 5.74) is 1.05. The van der Waals surface area contributed by atoms with Crippen LogP contribution in [0.15, 0.2) is 24.3 Å². The van der Waals surface area contributed by atoms with Gasteiger partial charge >= 0.3 is 12.1 Å². The van der Waals surface area contributed by atoms with Gasteiger partial charge in [-0.3, -0.25) is 5.32 Å². The van der Waals surface area contributed by atoms with Crippen LogP contribution in [0.2, 0.25) is 0 Å². The lowest BCUT2D eigenvalue weighted by atomic mass is 10.1. The number of carbonyl (C=O) groups excluding carboxylic acids is 2. The minimum atomic E-state index is -0.485. The van der Waals surface area contributed by atoms with Gasteiger partial charge in [-0.2, -0.15) is 0 Å². The molecule has 0 atom stereocenters. The van der Waals surface area contributed by atoms with E-state index in [2.05, 4.69) is 19.2 Å². The van der Waals surface area contributed by atoms with E-state index in [-0.39, 0.29) is 5.97 Å². The molecule has 122 valence electrons. The average Bonchev–Trinajstić information content (AvgIpc) is 2.47. The highest BCUT2D eigenvalue weighted by atomic mass is 16.5. The maximum absolute atomic E-state index is 11.8. The summed E-state index contributed by atoms with van der Waals surface area (Å²) in [6.45, 7) is 7.00. The van der Waals surface area contributed by atoms with Gasteiger partial charge in [0.25, 0.3) is 0 Å². The molecule has 1 rings (SSSR count). The van der Waals surface area contributed by atoms with Gasteiger partial charge in [0, 0.05) is 5.69 Å². The molecule has 0 aliphatic carbocycles. The molecular weight excluding hydrogens is 282 g/mol. The van der Waals surface area contributed by atoms with Crippen molar-refractivity contribution in [2.45, 2.75) is 40.0 Å². The summed E-state index contributed by atoms with van der Waals surface area (Å²) in [5, 5.41) is 2.61. The number of esters is 1. The van der Waals surface area contributed by atoms with Crippen molar-refractivity contribution in [1.82, 2.24) is 0 Å². The summed E-state index contributed by atoms with van der Waals surface area (Å²) in [4.78, 5) is 23.3. The Balaban J connectivity index is 2.42. The van der Waals surface area contributed by atoms with Gasteiger partial charge in [-0.25, -0.2) is 9.59 Å². The van der Waals surface area contributed by atoms with Crippen LogP contribution in [-0.4, -0.2) is 25.3 Å². The van der Waals surface area contributed by atoms with Crippen molar-refractivity contribution in [1.29, 1.82) is 0 Å². The van der Waals surface area contributed by atoms with Gasteiger partial charge in [-0.15, -0.1) is 0 Å². The predicted octanol–water partition coefficient (Wildman–Crippen LogP) is 4.24. The molecule has 1 N–H and O–H groups in total. The fraction of sp³-hybridized carbons (Fsp3) is 0.529. The molecule has 0 aliphatic heterocycles. The number of ether oxygens (including phenoxy) is 2. The molecule has 5 heteroatoms. The zero-order chi connectivity index (χ0) is 16.4. The highest BCUT2D eigenvalue weighted by Gasteiger charge is 2.08. The van der Waals surface area contributed by atoms with Crippen molar-refractivity contribution in [2.75, 3.05) is 18.5 Å². The maximum Gasteiger partial charge on any atom is 0.411 e. The second kappa shape index (κ2) is 9.82. The monoisotopic (exact) mass is 307 g/mol. The van der Waals surface area contributed by atoms with Gasteiger partial charge < -0.3 is 9.47 Å². The number of benzene rings is 1. The molecule has 5 nitrogen and oxygen atoms in total. The molecule has 1 aromatic rings. The first-order chi connectivity index (χ1) is 10.5. The van der Waals surface area contributed by atoms with E-state index < -0.39 is 6.09 Å². The quantitative estimate of drug-likeness (QED) is 0.576. The molecule has 0 heterocycles. The number of hydrogen-bond donors (Lipinski definition) is 1. The van der Waals surface area contributed by atoms with Gasteiger partial charge in [-0.05, 0) is 43.0 Å². The first kappa shape index (κ1) is 18.0. The Morgan fingerprint density at radius 1 is 1.09 bits per heavy atom. The summed E-state index contributed by atoms with van der Waals surface area (Å²) < 4.78 is 10.2. The Hall–Kier alpha value is -2.04. The van der Waals surface area contributed by atoms with Crippen LogP contribution in [0.4, 0.5) is 10.5 Å². The van der Waals surface area contributed by atoms with E-state index in [1.807, 2.05) is 6.92 Å². The molecule has 1 amide bonds. The number of amides is 1. The fourth-order valence-electron chi connectivity index (χ4n) is 1.62. The van der Waals surface area contributed by atoms with E-state index in [1.165, 1.54) is 0 Å². The van der Waals surface area contributed by atoms with Gasteiger partial charge in [0.2, 0.25) is 0 Å². The zero-order valence-corrected chi connectivity index (χ0v) is 13.6. The fourth-order valence-corrected chi connectivity index (χ4v) is 1.62. The topological polar surface area (TPSA) is 64.6 Å². The number of nitrogens with one attached hydrogen (secondary N) is 1. The van der Waals surface area contributed by atoms with Crippen molar-refractivity contribution in [3.8, 4) is 0 Å². The van der Waals surface area contributed by atoms with Crippen LogP contribution < -0.4 is 5.32 Å². The van der Waals surface area contributed by atoms with Gasteiger partial charge in [-0.1, -0.05) is 27.2 Å².